The molecule has 0 aliphatic carbocycles. The predicted molar refractivity (Wildman–Crippen MR) is 68.9 cm³/mol. The molecule has 0 atom stereocenters. The average molecular weight is 273 g/mol. The van der Waals surface area contributed by atoms with E-state index in [-0.39, 0.29) is 35.6 Å². The fourth-order valence-corrected chi connectivity index (χ4v) is 3.02. The highest BCUT2D eigenvalue weighted by Crippen LogP contribution is 2.46. The van der Waals surface area contributed by atoms with Crippen LogP contribution in [0.25, 0.3) is 0 Å². The number of fused-ring (bicyclic) bond motifs is 1. The van der Waals surface area contributed by atoms with Crippen LogP contribution in [0, 0.1) is 10.8 Å². The zero-order chi connectivity index (χ0) is 10.1. The van der Waals surface area contributed by atoms with Crippen LogP contribution in [0.5, 0.6) is 0 Å². The summed E-state index contributed by atoms with van der Waals surface area (Å²) in [6.45, 7) is 5.79. The van der Waals surface area contributed by atoms with E-state index in [0.717, 1.165) is 39.4 Å². The maximum absolute atomic E-state index is 5.37. The first-order valence-electron chi connectivity index (χ1n) is 5.18. The lowest BCUT2D eigenvalue weighted by Gasteiger charge is -2.37. The van der Waals surface area contributed by atoms with Crippen LogP contribution >= 0.6 is 24.8 Å². The highest BCUT2D eigenvalue weighted by molar-refractivity contribution is 5.85. The Kier molecular flexibility index (Phi) is 6.55. The van der Waals surface area contributed by atoms with Crippen LogP contribution in [0.15, 0.2) is 0 Å². The molecule has 2 aliphatic rings. The molecule has 0 aromatic carbocycles. The van der Waals surface area contributed by atoms with Gasteiger partial charge in [-0.2, -0.15) is 0 Å². The second kappa shape index (κ2) is 6.38. The number of rotatable bonds is 4. The van der Waals surface area contributed by atoms with Crippen LogP contribution < -0.4 is 10.6 Å². The Morgan fingerprint density at radius 1 is 0.812 bits per heavy atom. The second-order valence-corrected chi connectivity index (χ2v) is 4.63. The fourth-order valence-electron chi connectivity index (χ4n) is 3.02. The van der Waals surface area contributed by atoms with E-state index in [1.165, 1.54) is 0 Å². The predicted octanol–water partition coefficient (Wildman–Crippen LogP) is 0.302. The van der Waals surface area contributed by atoms with Gasteiger partial charge in [0.25, 0.3) is 0 Å². The summed E-state index contributed by atoms with van der Waals surface area (Å²) >= 11 is 0. The van der Waals surface area contributed by atoms with Crippen molar-refractivity contribution in [2.45, 2.75) is 0 Å². The molecule has 2 aliphatic heterocycles. The van der Waals surface area contributed by atoms with Crippen LogP contribution in [0.2, 0.25) is 0 Å². The lowest BCUT2D eigenvalue weighted by Crippen LogP contribution is -2.46. The molecule has 0 bridgehead atoms. The van der Waals surface area contributed by atoms with Crippen LogP contribution in [-0.4, -0.2) is 53.6 Å². The van der Waals surface area contributed by atoms with Gasteiger partial charge in [0.1, 0.15) is 0 Å². The molecule has 2 heterocycles. The SMILES string of the molecule is COCC12CNCC1(COC)CNC2.Cl.Cl. The summed E-state index contributed by atoms with van der Waals surface area (Å²) in [5.41, 5.74) is 0.468. The first-order chi connectivity index (χ1) is 6.79. The van der Waals surface area contributed by atoms with Gasteiger partial charge in [-0.05, 0) is 0 Å². The normalized spacial score (nSPS) is 36.4. The Balaban J connectivity index is 0.00000112. The largest absolute Gasteiger partial charge is 0.384 e. The maximum Gasteiger partial charge on any atom is 0.0550 e. The van der Waals surface area contributed by atoms with Gasteiger partial charge in [-0.3, -0.25) is 0 Å². The van der Waals surface area contributed by atoms with Crippen molar-refractivity contribution >= 4 is 24.8 Å². The van der Waals surface area contributed by atoms with E-state index < -0.39 is 0 Å². The molecule has 4 nitrogen and oxygen atoms in total. The molecule has 0 aromatic heterocycles. The van der Waals surface area contributed by atoms with Gasteiger partial charge >= 0.3 is 0 Å². The van der Waals surface area contributed by atoms with E-state index in [2.05, 4.69) is 10.6 Å². The van der Waals surface area contributed by atoms with Gasteiger partial charge in [0.05, 0.1) is 13.2 Å². The first-order valence-corrected chi connectivity index (χ1v) is 5.18. The van der Waals surface area contributed by atoms with Gasteiger partial charge in [0.2, 0.25) is 0 Å². The van der Waals surface area contributed by atoms with E-state index in [1.54, 1.807) is 14.2 Å². The van der Waals surface area contributed by atoms with Crippen molar-refractivity contribution in [3.8, 4) is 0 Å². The highest BCUT2D eigenvalue weighted by Gasteiger charge is 2.58. The monoisotopic (exact) mass is 272 g/mol. The lowest BCUT2D eigenvalue weighted by molar-refractivity contribution is -0.00741. The van der Waals surface area contributed by atoms with Crippen LogP contribution in [0.3, 0.4) is 0 Å². The Labute approximate surface area is 110 Å². The van der Waals surface area contributed by atoms with Gasteiger partial charge in [-0.15, -0.1) is 24.8 Å². The van der Waals surface area contributed by atoms with E-state index in [1.807, 2.05) is 0 Å². The molecule has 2 rings (SSSR count). The lowest BCUT2D eigenvalue weighted by atomic mass is 9.69. The van der Waals surface area contributed by atoms with Crippen molar-refractivity contribution in [1.82, 2.24) is 10.6 Å². The van der Waals surface area contributed by atoms with Crippen LogP contribution in [0.4, 0.5) is 0 Å². The summed E-state index contributed by atoms with van der Waals surface area (Å²) in [5, 5.41) is 6.95. The summed E-state index contributed by atoms with van der Waals surface area (Å²) in [6.07, 6.45) is 0. The third-order valence-corrected chi connectivity index (χ3v) is 3.82. The molecule has 2 N–H and O–H groups in total. The molecule has 98 valence electrons. The Hall–Kier alpha value is 0.420. The molecule has 2 saturated heterocycles. The van der Waals surface area contributed by atoms with E-state index >= 15 is 0 Å². The average Bonchev–Trinajstić information content (AvgIpc) is 2.60. The van der Waals surface area contributed by atoms with Gasteiger partial charge in [-0.25, -0.2) is 0 Å². The van der Waals surface area contributed by atoms with E-state index in [0.29, 0.717) is 0 Å². The van der Waals surface area contributed by atoms with Crippen molar-refractivity contribution in [2.24, 2.45) is 10.8 Å². The van der Waals surface area contributed by atoms with Crippen molar-refractivity contribution in [2.75, 3.05) is 53.6 Å². The zero-order valence-electron chi connectivity index (χ0n) is 9.88. The third kappa shape index (κ3) is 2.33. The van der Waals surface area contributed by atoms with Crippen molar-refractivity contribution in [1.29, 1.82) is 0 Å². The standard InChI is InChI=1S/C10H20N2O2.2ClH/c1-13-7-9-3-11-5-10(9,8-14-2)6-12-4-9;;/h11-12H,3-8H2,1-2H3;2*1H. The topological polar surface area (TPSA) is 42.5 Å². The van der Waals surface area contributed by atoms with Crippen molar-refractivity contribution < 1.29 is 9.47 Å². The molecule has 6 heteroatoms. The van der Waals surface area contributed by atoms with Gasteiger partial charge in [-0.1, -0.05) is 0 Å². The van der Waals surface area contributed by atoms with Crippen LogP contribution in [-0.2, 0) is 9.47 Å². The molecule has 16 heavy (non-hydrogen) atoms. The molecular formula is C10H22Cl2N2O2. The minimum absolute atomic E-state index is 0. The Morgan fingerprint density at radius 3 is 1.38 bits per heavy atom. The summed E-state index contributed by atoms with van der Waals surface area (Å²) in [4.78, 5) is 0. The number of ether oxygens (including phenoxy) is 2. The first kappa shape index (κ1) is 16.4. The summed E-state index contributed by atoms with van der Waals surface area (Å²) < 4.78 is 10.7. The molecule has 0 spiro atoms. The summed E-state index contributed by atoms with van der Waals surface area (Å²) in [6, 6.07) is 0. The molecule has 0 amide bonds. The fraction of sp³-hybridized carbons (Fsp3) is 1.00. The molecule has 0 aromatic rings. The van der Waals surface area contributed by atoms with Gasteiger partial charge < -0.3 is 20.1 Å². The van der Waals surface area contributed by atoms with E-state index in [9.17, 15) is 0 Å². The third-order valence-electron chi connectivity index (χ3n) is 3.82. The minimum atomic E-state index is 0. The smallest absolute Gasteiger partial charge is 0.0550 e. The second-order valence-electron chi connectivity index (χ2n) is 4.63. The number of hydrogen-bond acceptors (Lipinski definition) is 4. The summed E-state index contributed by atoms with van der Waals surface area (Å²) in [5.74, 6) is 0. The molecule has 0 saturated carbocycles. The quantitative estimate of drug-likeness (QED) is 0.773. The van der Waals surface area contributed by atoms with Crippen molar-refractivity contribution in [3.63, 3.8) is 0 Å². The van der Waals surface area contributed by atoms with Crippen LogP contribution in [0.1, 0.15) is 0 Å². The Bertz CT molecular complexity index is 187. The van der Waals surface area contributed by atoms with Gasteiger partial charge in [0, 0.05) is 51.2 Å². The highest BCUT2D eigenvalue weighted by atomic mass is 35.5. The van der Waals surface area contributed by atoms with Gasteiger partial charge in [0.15, 0.2) is 0 Å². The summed E-state index contributed by atoms with van der Waals surface area (Å²) in [7, 11) is 3.56. The van der Waals surface area contributed by atoms with Crippen molar-refractivity contribution in [3.05, 3.63) is 0 Å². The molecule has 0 unspecified atom stereocenters. The molecular weight excluding hydrogens is 251 g/mol. The Morgan fingerprint density at radius 2 is 1.12 bits per heavy atom. The molecule has 2 fully saturated rings. The minimum Gasteiger partial charge on any atom is -0.384 e. The number of nitrogens with one attached hydrogen (secondary N) is 2. The number of halogens is 2. The molecule has 0 radical (unpaired) electrons. The number of methoxy groups -OCH3 is 2. The number of hydrogen-bond donors (Lipinski definition) is 2. The maximum atomic E-state index is 5.37. The van der Waals surface area contributed by atoms with E-state index in [4.69, 9.17) is 9.47 Å². The zero-order valence-corrected chi connectivity index (χ0v) is 11.5.